The molecule has 116 valence electrons. The van der Waals surface area contributed by atoms with Crippen molar-refractivity contribution in [1.82, 2.24) is 10.6 Å². The van der Waals surface area contributed by atoms with Crippen LogP contribution in [-0.2, 0) is 6.42 Å². The third kappa shape index (κ3) is 5.55. The van der Waals surface area contributed by atoms with Gasteiger partial charge in [0.15, 0.2) is 0 Å². The smallest absolute Gasteiger partial charge is 0.0340 e. The highest BCUT2D eigenvalue weighted by Crippen LogP contribution is 2.17. The molecule has 1 aromatic carbocycles. The SMILES string of the molecule is C=C(NCCCNC1CCCCC1)c1ccc(CC)cc1. The summed E-state index contributed by atoms with van der Waals surface area (Å²) in [6.07, 6.45) is 9.21. The monoisotopic (exact) mass is 286 g/mol. The van der Waals surface area contributed by atoms with Crippen LogP contribution in [0.3, 0.4) is 0 Å². The van der Waals surface area contributed by atoms with Crippen LogP contribution in [0.2, 0.25) is 0 Å². The first kappa shape index (κ1) is 16.1. The molecule has 0 unspecified atom stereocenters. The van der Waals surface area contributed by atoms with Crippen LogP contribution >= 0.6 is 0 Å². The Hall–Kier alpha value is -1.28. The zero-order valence-corrected chi connectivity index (χ0v) is 13.5. The molecule has 0 aromatic heterocycles. The van der Waals surface area contributed by atoms with Gasteiger partial charge in [-0.3, -0.25) is 0 Å². The summed E-state index contributed by atoms with van der Waals surface area (Å²) >= 11 is 0. The van der Waals surface area contributed by atoms with Gasteiger partial charge >= 0.3 is 0 Å². The van der Waals surface area contributed by atoms with E-state index < -0.39 is 0 Å². The van der Waals surface area contributed by atoms with Crippen molar-refractivity contribution in [1.29, 1.82) is 0 Å². The Labute approximate surface area is 130 Å². The van der Waals surface area contributed by atoms with Crippen LogP contribution < -0.4 is 10.6 Å². The normalized spacial score (nSPS) is 15.9. The number of rotatable bonds is 8. The van der Waals surface area contributed by atoms with Gasteiger partial charge in [0.25, 0.3) is 0 Å². The molecule has 1 saturated carbocycles. The second kappa shape index (κ2) is 8.89. The van der Waals surface area contributed by atoms with Crippen molar-refractivity contribution in [3.05, 3.63) is 42.0 Å². The second-order valence-electron chi connectivity index (χ2n) is 6.10. The second-order valence-corrected chi connectivity index (χ2v) is 6.10. The molecule has 0 atom stereocenters. The highest BCUT2D eigenvalue weighted by Gasteiger charge is 2.11. The molecular formula is C19H30N2. The van der Waals surface area contributed by atoms with Gasteiger partial charge in [-0.2, -0.15) is 0 Å². The van der Waals surface area contributed by atoms with Crippen LogP contribution in [0.5, 0.6) is 0 Å². The standard InChI is InChI=1S/C19H30N2/c1-3-17-10-12-18(13-11-17)16(2)20-14-7-15-21-19-8-5-4-6-9-19/h10-13,19-21H,2-9,14-15H2,1H3. The van der Waals surface area contributed by atoms with Gasteiger partial charge < -0.3 is 10.6 Å². The van der Waals surface area contributed by atoms with Crippen molar-refractivity contribution in [3.63, 3.8) is 0 Å². The molecule has 2 heteroatoms. The van der Waals surface area contributed by atoms with Gasteiger partial charge in [-0.05, 0) is 43.4 Å². The summed E-state index contributed by atoms with van der Waals surface area (Å²) in [5.74, 6) is 0. The van der Waals surface area contributed by atoms with E-state index in [1.807, 2.05) is 0 Å². The predicted octanol–water partition coefficient (Wildman–Crippen LogP) is 4.12. The molecule has 0 bridgehead atoms. The van der Waals surface area contributed by atoms with E-state index in [1.54, 1.807) is 0 Å². The number of hydrogen-bond acceptors (Lipinski definition) is 2. The fourth-order valence-corrected chi connectivity index (χ4v) is 2.98. The van der Waals surface area contributed by atoms with E-state index in [9.17, 15) is 0 Å². The topological polar surface area (TPSA) is 24.1 Å². The van der Waals surface area contributed by atoms with E-state index in [4.69, 9.17) is 0 Å². The number of benzene rings is 1. The van der Waals surface area contributed by atoms with E-state index in [2.05, 4.69) is 48.4 Å². The minimum Gasteiger partial charge on any atom is -0.385 e. The molecule has 0 heterocycles. The minimum atomic E-state index is 0.767. The predicted molar refractivity (Wildman–Crippen MR) is 92.3 cm³/mol. The molecule has 2 N–H and O–H groups in total. The highest BCUT2D eigenvalue weighted by atomic mass is 14.9. The van der Waals surface area contributed by atoms with Gasteiger partial charge in [-0.1, -0.05) is 57.0 Å². The lowest BCUT2D eigenvalue weighted by Gasteiger charge is -2.22. The lowest BCUT2D eigenvalue weighted by atomic mass is 9.95. The largest absolute Gasteiger partial charge is 0.385 e. The van der Waals surface area contributed by atoms with Crippen molar-refractivity contribution < 1.29 is 0 Å². The molecule has 0 amide bonds. The maximum Gasteiger partial charge on any atom is 0.0340 e. The van der Waals surface area contributed by atoms with Crippen molar-refractivity contribution >= 4 is 5.70 Å². The highest BCUT2D eigenvalue weighted by molar-refractivity contribution is 5.61. The Morgan fingerprint density at radius 1 is 1.10 bits per heavy atom. The Bertz CT molecular complexity index is 416. The maximum atomic E-state index is 4.14. The summed E-state index contributed by atoms with van der Waals surface area (Å²) in [5, 5.41) is 7.12. The van der Waals surface area contributed by atoms with Gasteiger partial charge in [-0.25, -0.2) is 0 Å². The van der Waals surface area contributed by atoms with Crippen molar-refractivity contribution in [2.45, 2.75) is 57.9 Å². The molecule has 1 aliphatic rings. The molecule has 21 heavy (non-hydrogen) atoms. The Morgan fingerprint density at radius 3 is 2.48 bits per heavy atom. The molecule has 0 radical (unpaired) electrons. The quantitative estimate of drug-likeness (QED) is 0.702. The molecule has 1 aliphatic carbocycles. The number of aryl methyl sites for hydroxylation is 1. The Balaban J connectivity index is 1.60. The van der Waals surface area contributed by atoms with Crippen molar-refractivity contribution in [2.24, 2.45) is 0 Å². The molecular weight excluding hydrogens is 256 g/mol. The van der Waals surface area contributed by atoms with E-state index in [0.717, 1.165) is 37.7 Å². The third-order valence-corrected chi connectivity index (χ3v) is 4.44. The number of nitrogens with one attached hydrogen (secondary N) is 2. The van der Waals surface area contributed by atoms with E-state index in [1.165, 1.54) is 43.2 Å². The summed E-state index contributed by atoms with van der Waals surface area (Å²) in [4.78, 5) is 0. The molecule has 1 aromatic rings. The van der Waals surface area contributed by atoms with Crippen LogP contribution in [-0.4, -0.2) is 19.1 Å². The molecule has 2 rings (SSSR count). The summed E-state index contributed by atoms with van der Waals surface area (Å²) < 4.78 is 0. The van der Waals surface area contributed by atoms with Gasteiger partial charge in [0.05, 0.1) is 0 Å². The zero-order chi connectivity index (χ0) is 14.9. The van der Waals surface area contributed by atoms with Crippen LogP contribution in [0.4, 0.5) is 0 Å². The van der Waals surface area contributed by atoms with Crippen molar-refractivity contribution in [3.8, 4) is 0 Å². The van der Waals surface area contributed by atoms with Crippen LogP contribution in [0.15, 0.2) is 30.8 Å². The van der Waals surface area contributed by atoms with Crippen molar-refractivity contribution in [2.75, 3.05) is 13.1 Å². The maximum absolute atomic E-state index is 4.14. The molecule has 0 aliphatic heterocycles. The molecule has 1 fully saturated rings. The lowest BCUT2D eigenvalue weighted by molar-refractivity contribution is 0.372. The molecule has 0 saturated heterocycles. The summed E-state index contributed by atoms with van der Waals surface area (Å²) in [6, 6.07) is 9.46. The van der Waals surface area contributed by atoms with Crippen LogP contribution in [0.1, 0.15) is 56.6 Å². The van der Waals surface area contributed by atoms with Crippen LogP contribution in [0.25, 0.3) is 5.70 Å². The Kier molecular flexibility index (Phi) is 6.81. The average Bonchev–Trinajstić information content (AvgIpc) is 2.55. The van der Waals surface area contributed by atoms with E-state index in [0.29, 0.717) is 0 Å². The van der Waals surface area contributed by atoms with Gasteiger partial charge in [0.2, 0.25) is 0 Å². The van der Waals surface area contributed by atoms with Crippen LogP contribution in [0, 0.1) is 0 Å². The average molecular weight is 286 g/mol. The third-order valence-electron chi connectivity index (χ3n) is 4.44. The fourth-order valence-electron chi connectivity index (χ4n) is 2.98. The lowest BCUT2D eigenvalue weighted by Crippen LogP contribution is -2.32. The fraction of sp³-hybridized carbons (Fsp3) is 0.579. The summed E-state index contributed by atoms with van der Waals surface area (Å²) in [7, 11) is 0. The molecule has 0 spiro atoms. The summed E-state index contributed by atoms with van der Waals surface area (Å²) in [6.45, 7) is 8.42. The first-order valence-corrected chi connectivity index (χ1v) is 8.55. The van der Waals surface area contributed by atoms with Gasteiger partial charge in [-0.15, -0.1) is 0 Å². The van der Waals surface area contributed by atoms with E-state index in [-0.39, 0.29) is 0 Å². The zero-order valence-electron chi connectivity index (χ0n) is 13.5. The van der Waals surface area contributed by atoms with Gasteiger partial charge in [0.1, 0.15) is 0 Å². The van der Waals surface area contributed by atoms with Gasteiger partial charge in [0, 0.05) is 18.3 Å². The molecule has 2 nitrogen and oxygen atoms in total. The number of hydrogen-bond donors (Lipinski definition) is 2. The first-order chi connectivity index (χ1) is 10.3. The minimum absolute atomic E-state index is 0.767. The Morgan fingerprint density at radius 2 is 1.81 bits per heavy atom. The summed E-state index contributed by atoms with van der Waals surface area (Å²) in [5.41, 5.74) is 3.62. The first-order valence-electron chi connectivity index (χ1n) is 8.55. The van der Waals surface area contributed by atoms with E-state index >= 15 is 0 Å².